The highest BCUT2D eigenvalue weighted by atomic mass is 35.5. The van der Waals surface area contributed by atoms with Crippen LogP contribution in [0.2, 0.25) is 5.02 Å². The fourth-order valence-corrected chi connectivity index (χ4v) is 5.43. The van der Waals surface area contributed by atoms with Gasteiger partial charge in [0.15, 0.2) is 11.6 Å². The highest BCUT2D eigenvalue weighted by Crippen LogP contribution is 2.42. The zero-order chi connectivity index (χ0) is 30.2. The number of carbonyl (C=O) groups excluding carboxylic acids is 1. The molecule has 4 aromatic rings. The minimum absolute atomic E-state index is 0.0525. The fraction of sp³-hybridized carbons (Fsp3) is 0.276. The predicted octanol–water partition coefficient (Wildman–Crippen LogP) is 6.35. The van der Waals surface area contributed by atoms with E-state index in [1.54, 1.807) is 12.1 Å². The van der Waals surface area contributed by atoms with E-state index in [1.807, 2.05) is 11.8 Å². The van der Waals surface area contributed by atoms with Crippen LogP contribution in [0.5, 0.6) is 17.4 Å². The molecule has 0 saturated carbocycles. The van der Waals surface area contributed by atoms with Gasteiger partial charge in [-0.3, -0.25) is 4.90 Å². The Morgan fingerprint density at radius 1 is 1.10 bits per heavy atom. The van der Waals surface area contributed by atoms with E-state index >= 15 is 0 Å². The van der Waals surface area contributed by atoms with Crippen LogP contribution in [0.1, 0.15) is 23.6 Å². The molecule has 1 saturated heterocycles. The van der Waals surface area contributed by atoms with Gasteiger partial charge >= 0.3 is 12.2 Å². The van der Waals surface area contributed by atoms with Crippen molar-refractivity contribution in [3.8, 4) is 17.4 Å². The van der Waals surface area contributed by atoms with Gasteiger partial charge in [0.2, 0.25) is 5.88 Å². The van der Waals surface area contributed by atoms with Crippen molar-refractivity contribution in [2.24, 2.45) is 5.73 Å². The molecule has 0 spiro atoms. The molecule has 0 unspecified atom stereocenters. The Balaban J connectivity index is 1.54. The zero-order valence-corrected chi connectivity index (χ0v) is 23.3. The van der Waals surface area contributed by atoms with Crippen molar-refractivity contribution in [1.82, 2.24) is 19.8 Å². The molecule has 13 heteroatoms. The number of hydrogen-bond donors (Lipinski definition) is 1. The highest BCUT2D eigenvalue weighted by molar-refractivity contribution is 6.30. The van der Waals surface area contributed by atoms with Crippen molar-refractivity contribution < 1.29 is 31.8 Å². The summed E-state index contributed by atoms with van der Waals surface area (Å²) in [5.74, 6) is -0.425. The number of nitrogens with two attached hydrogens (primary N) is 1. The van der Waals surface area contributed by atoms with Crippen LogP contribution in [0.4, 0.5) is 22.4 Å². The molecule has 42 heavy (non-hydrogen) atoms. The first-order chi connectivity index (χ1) is 19.9. The van der Waals surface area contributed by atoms with Gasteiger partial charge < -0.3 is 20.1 Å². The maximum Gasteiger partial charge on any atom is 0.416 e. The lowest BCUT2D eigenvalue weighted by Gasteiger charge is -2.49. The molecule has 1 fully saturated rings. The van der Waals surface area contributed by atoms with Gasteiger partial charge in [0, 0.05) is 37.8 Å². The van der Waals surface area contributed by atoms with E-state index in [2.05, 4.69) is 9.97 Å². The van der Waals surface area contributed by atoms with Gasteiger partial charge in [-0.25, -0.2) is 19.2 Å². The number of primary amides is 1. The van der Waals surface area contributed by atoms with Crippen molar-refractivity contribution in [2.45, 2.75) is 25.2 Å². The number of hydrogen-bond acceptors (Lipinski definition) is 6. The van der Waals surface area contributed by atoms with E-state index in [1.165, 1.54) is 48.7 Å². The van der Waals surface area contributed by atoms with Crippen LogP contribution in [0.15, 0.2) is 60.9 Å². The van der Waals surface area contributed by atoms with E-state index < -0.39 is 29.1 Å². The maximum atomic E-state index is 14.6. The third-order valence-corrected chi connectivity index (χ3v) is 7.64. The number of alkyl halides is 3. The van der Waals surface area contributed by atoms with Gasteiger partial charge in [0.05, 0.1) is 34.1 Å². The Bertz CT molecular complexity index is 1640. The Morgan fingerprint density at radius 2 is 1.83 bits per heavy atom. The summed E-state index contributed by atoms with van der Waals surface area (Å²) < 4.78 is 65.3. The summed E-state index contributed by atoms with van der Waals surface area (Å²) in [4.78, 5) is 24.7. The lowest BCUT2D eigenvalue weighted by molar-refractivity contribution is -0.137. The summed E-state index contributed by atoms with van der Waals surface area (Å²) in [6, 6.07) is 12.0. The van der Waals surface area contributed by atoms with E-state index in [0.717, 1.165) is 12.1 Å². The molecule has 220 valence electrons. The maximum absolute atomic E-state index is 14.6. The summed E-state index contributed by atoms with van der Waals surface area (Å²) in [6.07, 6.45) is -3.16. The Labute approximate surface area is 243 Å². The van der Waals surface area contributed by atoms with Crippen molar-refractivity contribution in [1.29, 1.82) is 0 Å². The summed E-state index contributed by atoms with van der Waals surface area (Å²) in [5, 5.41) is 0.298. The minimum atomic E-state index is -4.43. The second-order valence-electron chi connectivity index (χ2n) is 10.1. The summed E-state index contributed by atoms with van der Waals surface area (Å²) in [6.45, 7) is 3.10. The van der Waals surface area contributed by atoms with Gasteiger partial charge in [-0.15, -0.1) is 0 Å². The summed E-state index contributed by atoms with van der Waals surface area (Å²) in [5.41, 5.74) is 5.71. The molecular weight excluding hydrogens is 578 g/mol. The van der Waals surface area contributed by atoms with E-state index in [9.17, 15) is 22.4 Å². The van der Waals surface area contributed by atoms with Crippen LogP contribution in [0, 0.1) is 5.82 Å². The van der Waals surface area contributed by atoms with Crippen LogP contribution >= 0.6 is 11.6 Å². The molecule has 0 aliphatic carbocycles. The molecule has 2 amide bonds. The average molecular weight is 604 g/mol. The van der Waals surface area contributed by atoms with E-state index in [0.29, 0.717) is 40.9 Å². The number of aromatic nitrogens is 2. The Hall–Kier alpha value is -4.16. The van der Waals surface area contributed by atoms with Crippen LogP contribution in [0.3, 0.4) is 0 Å². The topological polar surface area (TPSA) is 93.8 Å². The quantitative estimate of drug-likeness (QED) is 0.258. The van der Waals surface area contributed by atoms with Crippen LogP contribution in [-0.2, 0) is 18.3 Å². The summed E-state index contributed by atoms with van der Waals surface area (Å²) in [7, 11) is 1.48. The molecule has 0 bridgehead atoms. The third kappa shape index (κ3) is 5.64. The second-order valence-corrected chi connectivity index (χ2v) is 10.5. The molecule has 1 atom stereocenters. The number of rotatable bonds is 6. The lowest BCUT2D eigenvalue weighted by atomic mass is 9.85. The number of benzene rings is 3. The van der Waals surface area contributed by atoms with Crippen molar-refractivity contribution in [3.63, 3.8) is 0 Å². The van der Waals surface area contributed by atoms with E-state index in [-0.39, 0.29) is 29.7 Å². The Morgan fingerprint density at radius 3 is 2.50 bits per heavy atom. The number of amides is 2. The number of ether oxygens (including phenoxy) is 2. The van der Waals surface area contributed by atoms with E-state index in [4.69, 9.17) is 26.8 Å². The molecule has 3 aromatic carbocycles. The number of carbonyl (C=O) groups is 1. The first-order valence-electron chi connectivity index (χ1n) is 12.8. The van der Waals surface area contributed by atoms with Crippen LogP contribution in [-0.4, -0.2) is 52.5 Å². The predicted molar refractivity (Wildman–Crippen MR) is 148 cm³/mol. The monoisotopic (exact) mass is 603 g/mol. The summed E-state index contributed by atoms with van der Waals surface area (Å²) >= 11 is 5.92. The van der Waals surface area contributed by atoms with Crippen LogP contribution < -0.4 is 15.2 Å². The van der Waals surface area contributed by atoms with Crippen molar-refractivity contribution in [2.75, 3.05) is 26.7 Å². The highest BCUT2D eigenvalue weighted by Gasteiger charge is 2.43. The normalized spacial score (nSPS) is 17.8. The van der Waals surface area contributed by atoms with Gasteiger partial charge in [-0.05, 0) is 42.8 Å². The third-order valence-electron chi connectivity index (χ3n) is 7.34. The minimum Gasteiger partial charge on any atom is -0.496 e. The standard InChI is InChI=1S/C29H26ClF4N5O3/c1-28(15-38(10-11-39(28)27(35)40)14-17-6-8-18(9-7-17)29(32,33)34)20-12-19-22(13-24(20)41-2)36-16-37-26(19)42-23-5-3-4-21(30)25(23)31/h3-9,12-13,16H,10-11,14-15H2,1-2H3,(H2,35,40)/t28-/m0/s1. The number of fused-ring (bicyclic) bond motifs is 1. The Kier molecular flexibility index (Phi) is 7.86. The fourth-order valence-electron chi connectivity index (χ4n) is 5.26. The SMILES string of the molecule is COc1cc2ncnc(Oc3cccc(Cl)c3F)c2cc1[C@]1(C)CN(Cc2ccc(C(F)(F)F)cc2)CCN1C(N)=O. The number of nitrogens with zero attached hydrogens (tertiary/aromatic N) is 4. The van der Waals surface area contributed by atoms with Crippen molar-refractivity contribution >= 4 is 28.5 Å². The number of methoxy groups -OCH3 is 1. The number of urea groups is 1. The first kappa shape index (κ1) is 29.3. The number of piperazine rings is 1. The molecule has 0 radical (unpaired) electrons. The van der Waals surface area contributed by atoms with Crippen LogP contribution in [0.25, 0.3) is 10.9 Å². The molecular formula is C29H26ClF4N5O3. The largest absolute Gasteiger partial charge is 0.496 e. The van der Waals surface area contributed by atoms with Gasteiger partial charge in [0.1, 0.15) is 12.1 Å². The molecule has 1 aliphatic rings. The average Bonchev–Trinajstić information content (AvgIpc) is 2.94. The van der Waals surface area contributed by atoms with Crippen molar-refractivity contribution in [3.05, 3.63) is 88.5 Å². The lowest BCUT2D eigenvalue weighted by Crippen LogP contribution is -2.61. The molecule has 5 rings (SSSR count). The molecule has 1 aliphatic heterocycles. The second kappa shape index (κ2) is 11.3. The zero-order valence-electron chi connectivity index (χ0n) is 22.6. The smallest absolute Gasteiger partial charge is 0.416 e. The van der Waals surface area contributed by atoms with Gasteiger partial charge in [-0.1, -0.05) is 29.8 Å². The molecule has 1 aromatic heterocycles. The number of halogens is 5. The molecule has 8 nitrogen and oxygen atoms in total. The first-order valence-corrected chi connectivity index (χ1v) is 13.2. The molecule has 2 N–H and O–H groups in total. The van der Waals surface area contributed by atoms with Gasteiger partial charge in [-0.2, -0.15) is 13.2 Å². The molecule has 2 heterocycles. The van der Waals surface area contributed by atoms with Gasteiger partial charge in [0.25, 0.3) is 0 Å².